The van der Waals surface area contributed by atoms with Gasteiger partial charge < -0.3 is 29.2 Å². The predicted molar refractivity (Wildman–Crippen MR) is 118 cm³/mol. The highest BCUT2D eigenvalue weighted by Crippen LogP contribution is 2.30. The molecule has 12 nitrogen and oxygen atoms in total. The van der Waals surface area contributed by atoms with Crippen LogP contribution in [0, 0.1) is 6.92 Å². The van der Waals surface area contributed by atoms with E-state index >= 15 is 0 Å². The van der Waals surface area contributed by atoms with Crippen LogP contribution >= 0.6 is 0 Å². The van der Waals surface area contributed by atoms with Gasteiger partial charge in [0.15, 0.2) is 16.1 Å². The number of aliphatic hydroxyl groups is 2. The molecule has 34 heavy (non-hydrogen) atoms. The summed E-state index contributed by atoms with van der Waals surface area (Å²) in [4.78, 5) is 25.7. The number of nitrogens with zero attached hydrogens (tertiary/aromatic N) is 1. The Morgan fingerprint density at radius 1 is 1.18 bits per heavy atom. The fraction of sp³-hybridized carbons (Fsp3) is 0.524. The Labute approximate surface area is 195 Å². The number of hydrogen-bond donors (Lipinski definition) is 3. The molecule has 0 saturated carbocycles. The van der Waals surface area contributed by atoms with Gasteiger partial charge in [-0.2, -0.15) is 0 Å². The minimum atomic E-state index is -3.54. The topological polar surface area (TPSA) is 166 Å². The molecule has 3 rings (SSSR count). The summed E-state index contributed by atoms with van der Waals surface area (Å²) in [5, 5.41) is 19.8. The van der Waals surface area contributed by atoms with Gasteiger partial charge in [0.2, 0.25) is 0 Å². The average molecular weight is 501 g/mol. The monoisotopic (exact) mass is 500 g/mol. The first kappa shape index (κ1) is 26.2. The van der Waals surface area contributed by atoms with Crippen molar-refractivity contribution in [3.05, 3.63) is 62.9 Å². The normalized spacial score (nSPS) is 23.8. The molecule has 13 heteroatoms. The molecule has 1 saturated heterocycles. The molecular weight excluding hydrogens is 472 g/mol. The van der Waals surface area contributed by atoms with E-state index < -0.39 is 58.3 Å². The van der Waals surface area contributed by atoms with Crippen molar-refractivity contribution in [2.75, 3.05) is 25.9 Å². The maximum absolute atomic E-state index is 12.5. The van der Waals surface area contributed by atoms with Crippen molar-refractivity contribution in [3.63, 3.8) is 0 Å². The number of aliphatic hydroxyl groups excluding tert-OH is 2. The third-order valence-corrected chi connectivity index (χ3v) is 7.13. The van der Waals surface area contributed by atoms with Gasteiger partial charge in [-0.1, -0.05) is 17.7 Å². The Morgan fingerprint density at radius 3 is 2.53 bits per heavy atom. The summed E-state index contributed by atoms with van der Waals surface area (Å²) in [5.41, 5.74) is -0.424. The van der Waals surface area contributed by atoms with Crippen molar-refractivity contribution in [1.82, 2.24) is 9.55 Å². The van der Waals surface area contributed by atoms with Crippen molar-refractivity contribution in [1.29, 1.82) is 0 Å². The SMILES string of the molecule is Cc1ccc(S(=O)(=O)CC(C)OCOCOC2C(n3ccc(=O)[nH]c3=O)OC(CO)[C@@H]2O)cc1. The highest BCUT2D eigenvalue weighted by atomic mass is 32.2. The van der Waals surface area contributed by atoms with E-state index in [1.165, 1.54) is 6.20 Å². The molecule has 1 aromatic heterocycles. The second-order valence-corrected chi connectivity index (χ2v) is 9.93. The van der Waals surface area contributed by atoms with Crippen molar-refractivity contribution >= 4 is 9.84 Å². The van der Waals surface area contributed by atoms with Gasteiger partial charge in [0.25, 0.3) is 5.56 Å². The second-order valence-electron chi connectivity index (χ2n) is 7.90. The molecule has 0 radical (unpaired) electrons. The standard InChI is InChI=1S/C21H28N2O10S/c1-13-3-5-15(6-4-13)34(28,29)10-14(2)31-11-30-12-32-19-18(26)16(9-24)33-20(19)23-8-7-17(25)22-21(23)27/h3-8,14,16,18-20,24,26H,9-12H2,1-2H3,(H,22,25,27)/t14?,16?,18-,19?,20?/m0/s1. The lowest BCUT2D eigenvalue weighted by molar-refractivity contribution is -0.182. The number of aromatic nitrogens is 2. The first-order valence-electron chi connectivity index (χ1n) is 10.5. The molecule has 2 aromatic rings. The molecular formula is C21H28N2O10S. The van der Waals surface area contributed by atoms with Gasteiger partial charge in [-0.25, -0.2) is 13.2 Å². The number of sulfone groups is 1. The molecule has 2 heterocycles. The fourth-order valence-electron chi connectivity index (χ4n) is 3.42. The third kappa shape index (κ3) is 6.39. The van der Waals surface area contributed by atoms with Crippen molar-refractivity contribution in [3.8, 4) is 0 Å². The van der Waals surface area contributed by atoms with Crippen LogP contribution in [0.25, 0.3) is 0 Å². The van der Waals surface area contributed by atoms with Gasteiger partial charge in [-0.3, -0.25) is 14.3 Å². The van der Waals surface area contributed by atoms with E-state index in [-0.39, 0.29) is 24.2 Å². The lowest BCUT2D eigenvalue weighted by Gasteiger charge is -2.22. The zero-order valence-corrected chi connectivity index (χ0v) is 19.5. The Bertz CT molecular complexity index is 1160. The van der Waals surface area contributed by atoms with Crippen LogP contribution in [0.5, 0.6) is 0 Å². The minimum absolute atomic E-state index is 0.204. The molecule has 0 aliphatic carbocycles. The van der Waals surface area contributed by atoms with E-state index in [0.29, 0.717) is 0 Å². The average Bonchev–Trinajstić information content (AvgIpc) is 3.08. The number of aromatic amines is 1. The third-order valence-electron chi connectivity index (χ3n) is 5.23. The summed E-state index contributed by atoms with van der Waals surface area (Å²) >= 11 is 0. The molecule has 3 N–H and O–H groups in total. The zero-order chi connectivity index (χ0) is 24.9. The molecule has 0 amide bonds. The number of ether oxygens (including phenoxy) is 4. The Balaban J connectivity index is 1.51. The van der Waals surface area contributed by atoms with Gasteiger partial charge >= 0.3 is 5.69 Å². The smallest absolute Gasteiger partial charge is 0.330 e. The number of benzene rings is 1. The number of rotatable bonds is 11. The Kier molecular flexibility index (Phi) is 8.76. The summed E-state index contributed by atoms with van der Waals surface area (Å²) in [6, 6.07) is 7.63. The fourth-order valence-corrected chi connectivity index (χ4v) is 4.88. The van der Waals surface area contributed by atoms with Crippen molar-refractivity contribution in [2.24, 2.45) is 0 Å². The van der Waals surface area contributed by atoms with Crippen LogP contribution in [0.2, 0.25) is 0 Å². The van der Waals surface area contributed by atoms with E-state index in [2.05, 4.69) is 4.98 Å². The number of nitrogens with one attached hydrogen (secondary N) is 1. The zero-order valence-electron chi connectivity index (χ0n) is 18.7. The summed E-state index contributed by atoms with van der Waals surface area (Å²) in [6.07, 6.45) is -4.00. The van der Waals surface area contributed by atoms with Gasteiger partial charge in [-0.05, 0) is 26.0 Å². The molecule has 1 aromatic carbocycles. The van der Waals surface area contributed by atoms with E-state index in [9.17, 15) is 28.2 Å². The number of hydrogen-bond acceptors (Lipinski definition) is 10. The summed E-state index contributed by atoms with van der Waals surface area (Å²) in [6.45, 7) is 2.26. The van der Waals surface area contributed by atoms with Gasteiger partial charge in [0, 0.05) is 12.3 Å². The molecule has 4 unspecified atom stereocenters. The van der Waals surface area contributed by atoms with Crippen molar-refractivity contribution < 1.29 is 37.6 Å². The predicted octanol–water partition coefficient (Wildman–Crippen LogP) is -0.709. The van der Waals surface area contributed by atoms with Crippen LogP contribution < -0.4 is 11.2 Å². The van der Waals surface area contributed by atoms with Crippen molar-refractivity contribution in [2.45, 2.75) is 49.4 Å². The minimum Gasteiger partial charge on any atom is -0.394 e. The molecule has 188 valence electrons. The Morgan fingerprint density at radius 2 is 1.88 bits per heavy atom. The molecule has 1 aliphatic heterocycles. The first-order chi connectivity index (χ1) is 16.1. The van der Waals surface area contributed by atoms with Gasteiger partial charge in [0.1, 0.15) is 31.9 Å². The van der Waals surface area contributed by atoms with Crippen LogP contribution in [0.3, 0.4) is 0 Å². The van der Waals surface area contributed by atoms with E-state index in [4.69, 9.17) is 18.9 Å². The summed E-state index contributed by atoms with van der Waals surface area (Å²) in [5.74, 6) is -0.245. The van der Waals surface area contributed by atoms with Crippen LogP contribution in [-0.4, -0.2) is 78.5 Å². The highest BCUT2D eigenvalue weighted by Gasteiger charge is 2.45. The maximum Gasteiger partial charge on any atom is 0.330 e. The highest BCUT2D eigenvalue weighted by molar-refractivity contribution is 7.91. The quantitative estimate of drug-likeness (QED) is 0.265. The Hall–Kier alpha value is -2.39. The van der Waals surface area contributed by atoms with Crippen LogP contribution in [-0.2, 0) is 28.8 Å². The van der Waals surface area contributed by atoms with Gasteiger partial charge in [0.05, 0.1) is 23.4 Å². The molecule has 1 aliphatic rings. The maximum atomic E-state index is 12.5. The first-order valence-corrected chi connectivity index (χ1v) is 12.1. The molecule has 0 bridgehead atoms. The number of H-pyrrole nitrogens is 1. The molecule has 5 atom stereocenters. The van der Waals surface area contributed by atoms with Crippen LogP contribution in [0.4, 0.5) is 0 Å². The van der Waals surface area contributed by atoms with Crippen LogP contribution in [0.1, 0.15) is 18.7 Å². The van der Waals surface area contributed by atoms with E-state index in [1.54, 1.807) is 31.2 Å². The largest absolute Gasteiger partial charge is 0.394 e. The van der Waals surface area contributed by atoms with Crippen LogP contribution in [0.15, 0.2) is 51.0 Å². The van der Waals surface area contributed by atoms with E-state index in [1.807, 2.05) is 6.92 Å². The summed E-state index contributed by atoms with van der Waals surface area (Å²) < 4.78 is 47.6. The lowest BCUT2D eigenvalue weighted by atomic mass is 10.1. The summed E-state index contributed by atoms with van der Waals surface area (Å²) in [7, 11) is -3.54. The van der Waals surface area contributed by atoms with E-state index in [0.717, 1.165) is 16.2 Å². The number of aryl methyl sites for hydroxylation is 1. The lowest BCUT2D eigenvalue weighted by Crippen LogP contribution is -2.39. The molecule has 1 fully saturated rings. The second kappa shape index (κ2) is 11.4. The van der Waals surface area contributed by atoms with Gasteiger partial charge in [-0.15, -0.1) is 0 Å². The molecule has 0 spiro atoms.